The van der Waals surface area contributed by atoms with Gasteiger partial charge in [0.1, 0.15) is 6.29 Å². The van der Waals surface area contributed by atoms with Crippen molar-refractivity contribution in [3.63, 3.8) is 0 Å². The summed E-state index contributed by atoms with van der Waals surface area (Å²) in [7, 11) is 0. The zero-order chi connectivity index (χ0) is 6.69. The highest BCUT2D eigenvalue weighted by Crippen LogP contribution is 2.15. The Labute approximate surface area is 54.2 Å². The van der Waals surface area contributed by atoms with Crippen molar-refractivity contribution in [3.8, 4) is 0 Å². The highest BCUT2D eigenvalue weighted by Gasteiger charge is 2.09. The summed E-state index contributed by atoms with van der Waals surface area (Å²) in [6.07, 6.45) is 4.59. The van der Waals surface area contributed by atoms with Gasteiger partial charge in [-0.3, -0.25) is 4.79 Å². The van der Waals surface area contributed by atoms with Crippen LogP contribution in [-0.4, -0.2) is 17.5 Å². The molecule has 1 unspecified atom stereocenters. The van der Waals surface area contributed by atoms with E-state index >= 15 is 0 Å². The molecule has 9 heavy (non-hydrogen) atoms. The third kappa shape index (κ3) is 1.64. The van der Waals surface area contributed by atoms with E-state index in [4.69, 9.17) is 5.11 Å². The second-order valence-electron chi connectivity index (χ2n) is 2.33. The van der Waals surface area contributed by atoms with Gasteiger partial charge >= 0.3 is 0 Å². The zero-order valence-electron chi connectivity index (χ0n) is 5.21. The van der Waals surface area contributed by atoms with E-state index in [2.05, 4.69) is 0 Å². The number of hydrogen-bond acceptors (Lipinski definition) is 2. The van der Waals surface area contributed by atoms with E-state index in [0.29, 0.717) is 6.42 Å². The molecular formula is C7H10O2. The Kier molecular flexibility index (Phi) is 2.01. The zero-order valence-corrected chi connectivity index (χ0v) is 5.21. The van der Waals surface area contributed by atoms with Gasteiger partial charge in [-0.05, 0) is 24.8 Å². The van der Waals surface area contributed by atoms with Crippen LogP contribution in [0.15, 0.2) is 11.6 Å². The Bertz CT molecular complexity index is 138. The normalized spacial score (nSPS) is 27.2. The van der Waals surface area contributed by atoms with Crippen LogP contribution in [0.2, 0.25) is 0 Å². The van der Waals surface area contributed by atoms with E-state index in [-0.39, 0.29) is 6.10 Å². The fraction of sp³-hybridized carbons (Fsp3) is 0.571. The quantitative estimate of drug-likeness (QED) is 0.524. The molecule has 2 heteroatoms. The van der Waals surface area contributed by atoms with E-state index in [9.17, 15) is 4.79 Å². The van der Waals surface area contributed by atoms with Crippen LogP contribution in [0.25, 0.3) is 0 Å². The van der Waals surface area contributed by atoms with E-state index in [1.807, 2.05) is 0 Å². The topological polar surface area (TPSA) is 37.3 Å². The number of aliphatic hydroxyl groups excluding tert-OH is 1. The SMILES string of the molecule is O=CC1=CCC(O)CC1. The van der Waals surface area contributed by atoms with Crippen molar-refractivity contribution >= 4 is 6.29 Å². The van der Waals surface area contributed by atoms with E-state index in [1.165, 1.54) is 0 Å². The smallest absolute Gasteiger partial charge is 0.145 e. The third-order valence-corrected chi connectivity index (χ3v) is 1.57. The molecule has 1 atom stereocenters. The number of aliphatic hydroxyl groups is 1. The average Bonchev–Trinajstić information content (AvgIpc) is 1.90. The van der Waals surface area contributed by atoms with Crippen molar-refractivity contribution in [1.29, 1.82) is 0 Å². The lowest BCUT2D eigenvalue weighted by molar-refractivity contribution is -0.105. The Balaban J connectivity index is 2.49. The Morgan fingerprint density at radius 2 is 2.56 bits per heavy atom. The van der Waals surface area contributed by atoms with Crippen molar-refractivity contribution in [2.24, 2.45) is 0 Å². The number of carbonyl (C=O) groups is 1. The number of carbonyl (C=O) groups excluding carboxylic acids is 1. The van der Waals surface area contributed by atoms with Crippen LogP contribution in [0.1, 0.15) is 19.3 Å². The van der Waals surface area contributed by atoms with Crippen LogP contribution in [0.4, 0.5) is 0 Å². The van der Waals surface area contributed by atoms with Crippen LogP contribution in [-0.2, 0) is 4.79 Å². The summed E-state index contributed by atoms with van der Waals surface area (Å²) in [4.78, 5) is 10.1. The molecule has 1 rings (SSSR count). The second kappa shape index (κ2) is 2.78. The second-order valence-corrected chi connectivity index (χ2v) is 2.33. The first-order chi connectivity index (χ1) is 4.33. The first-order valence-electron chi connectivity index (χ1n) is 3.15. The Morgan fingerprint density at radius 1 is 1.78 bits per heavy atom. The van der Waals surface area contributed by atoms with Crippen LogP contribution in [0, 0.1) is 0 Å². The molecule has 0 saturated heterocycles. The molecule has 1 aliphatic carbocycles. The molecule has 0 aromatic carbocycles. The van der Waals surface area contributed by atoms with Crippen molar-refractivity contribution in [3.05, 3.63) is 11.6 Å². The highest BCUT2D eigenvalue weighted by molar-refractivity contribution is 5.73. The lowest BCUT2D eigenvalue weighted by atomic mass is 9.98. The van der Waals surface area contributed by atoms with Crippen molar-refractivity contribution in [2.75, 3.05) is 0 Å². The molecule has 0 fully saturated rings. The maximum atomic E-state index is 10.1. The molecule has 0 radical (unpaired) electrons. The van der Waals surface area contributed by atoms with Gasteiger partial charge in [0.25, 0.3) is 0 Å². The maximum Gasteiger partial charge on any atom is 0.145 e. The highest BCUT2D eigenvalue weighted by atomic mass is 16.3. The lowest BCUT2D eigenvalue weighted by Crippen LogP contribution is -2.10. The maximum absolute atomic E-state index is 10.1. The van der Waals surface area contributed by atoms with Crippen molar-refractivity contribution in [1.82, 2.24) is 0 Å². The molecule has 0 amide bonds. The van der Waals surface area contributed by atoms with Gasteiger partial charge in [0.15, 0.2) is 0 Å². The fourth-order valence-corrected chi connectivity index (χ4v) is 0.948. The first kappa shape index (κ1) is 6.49. The van der Waals surface area contributed by atoms with E-state index in [0.717, 1.165) is 24.7 Å². The number of allylic oxidation sites excluding steroid dienone is 1. The summed E-state index contributed by atoms with van der Waals surface area (Å²) < 4.78 is 0. The summed E-state index contributed by atoms with van der Waals surface area (Å²) in [5.41, 5.74) is 0.834. The number of rotatable bonds is 1. The minimum absolute atomic E-state index is 0.214. The van der Waals surface area contributed by atoms with Crippen LogP contribution < -0.4 is 0 Å². The minimum atomic E-state index is -0.214. The first-order valence-corrected chi connectivity index (χ1v) is 3.15. The van der Waals surface area contributed by atoms with Crippen LogP contribution >= 0.6 is 0 Å². The van der Waals surface area contributed by atoms with Gasteiger partial charge in [-0.25, -0.2) is 0 Å². The molecule has 0 aromatic heterocycles. The minimum Gasteiger partial charge on any atom is -0.393 e. The molecule has 0 aromatic rings. The Morgan fingerprint density at radius 3 is 3.00 bits per heavy atom. The number of aldehydes is 1. The number of hydrogen-bond donors (Lipinski definition) is 1. The molecule has 0 bridgehead atoms. The molecule has 1 N–H and O–H groups in total. The lowest BCUT2D eigenvalue weighted by Gasteiger charge is -2.12. The van der Waals surface area contributed by atoms with Crippen molar-refractivity contribution < 1.29 is 9.90 Å². The summed E-state index contributed by atoms with van der Waals surface area (Å²) in [6.45, 7) is 0. The predicted octanol–water partition coefficient (Wildman–Crippen LogP) is 0.656. The molecule has 2 nitrogen and oxygen atoms in total. The van der Waals surface area contributed by atoms with Gasteiger partial charge in [0.2, 0.25) is 0 Å². The molecule has 0 aliphatic heterocycles. The van der Waals surface area contributed by atoms with E-state index in [1.54, 1.807) is 6.08 Å². The van der Waals surface area contributed by atoms with Gasteiger partial charge in [0, 0.05) is 0 Å². The molecule has 50 valence electrons. The molecular weight excluding hydrogens is 116 g/mol. The van der Waals surface area contributed by atoms with Gasteiger partial charge < -0.3 is 5.11 Å². The third-order valence-electron chi connectivity index (χ3n) is 1.57. The molecule has 0 heterocycles. The summed E-state index contributed by atoms with van der Waals surface area (Å²) in [5.74, 6) is 0. The van der Waals surface area contributed by atoms with Crippen molar-refractivity contribution in [2.45, 2.75) is 25.4 Å². The predicted molar refractivity (Wildman–Crippen MR) is 34.0 cm³/mol. The van der Waals surface area contributed by atoms with E-state index < -0.39 is 0 Å². The molecule has 0 spiro atoms. The van der Waals surface area contributed by atoms with Crippen LogP contribution in [0.3, 0.4) is 0 Å². The van der Waals surface area contributed by atoms with Gasteiger partial charge in [-0.2, -0.15) is 0 Å². The Hall–Kier alpha value is -0.630. The van der Waals surface area contributed by atoms with Gasteiger partial charge in [-0.1, -0.05) is 6.08 Å². The van der Waals surface area contributed by atoms with Crippen LogP contribution in [0.5, 0.6) is 0 Å². The standard InChI is InChI=1S/C7H10O2/c8-5-6-1-3-7(9)4-2-6/h1,5,7,9H,2-4H2. The van der Waals surface area contributed by atoms with Gasteiger partial charge in [-0.15, -0.1) is 0 Å². The summed E-state index contributed by atoms with van der Waals surface area (Å²) >= 11 is 0. The summed E-state index contributed by atoms with van der Waals surface area (Å²) in [5, 5.41) is 8.96. The average molecular weight is 126 g/mol. The molecule has 1 aliphatic rings. The van der Waals surface area contributed by atoms with Gasteiger partial charge in [0.05, 0.1) is 6.10 Å². The fourth-order valence-electron chi connectivity index (χ4n) is 0.948. The summed E-state index contributed by atoms with van der Waals surface area (Å²) in [6, 6.07) is 0. The largest absolute Gasteiger partial charge is 0.393 e. The monoisotopic (exact) mass is 126 g/mol. The molecule has 0 saturated carbocycles.